The molecule has 120 valence electrons. The molecule has 1 aromatic heterocycles. The molecule has 3 rings (SSSR count). The Labute approximate surface area is 141 Å². The topological polar surface area (TPSA) is 45.2 Å². The van der Waals surface area contributed by atoms with Crippen LogP contribution in [0.1, 0.15) is 23.7 Å². The summed E-state index contributed by atoms with van der Waals surface area (Å²) in [6.07, 6.45) is 2.90. The van der Waals surface area contributed by atoms with E-state index in [-0.39, 0.29) is 11.9 Å². The van der Waals surface area contributed by atoms with Crippen LogP contribution in [0.15, 0.2) is 48.7 Å². The monoisotopic (exact) mass is 329 g/mol. The summed E-state index contributed by atoms with van der Waals surface area (Å²) in [5, 5.41) is 4.07. The maximum Gasteiger partial charge on any atom is 0.223 e. The first-order valence-corrected chi connectivity index (χ1v) is 8.28. The summed E-state index contributed by atoms with van der Waals surface area (Å²) in [7, 11) is 0. The number of aromatic nitrogens is 1. The second-order valence-corrected chi connectivity index (χ2v) is 6.06. The summed E-state index contributed by atoms with van der Waals surface area (Å²) in [4.78, 5) is 18.9. The van der Waals surface area contributed by atoms with Crippen LogP contribution in [-0.4, -0.2) is 35.4 Å². The molecule has 1 unspecified atom stereocenters. The van der Waals surface area contributed by atoms with E-state index in [9.17, 15) is 4.79 Å². The van der Waals surface area contributed by atoms with E-state index in [0.717, 1.165) is 24.3 Å². The van der Waals surface area contributed by atoms with E-state index in [0.29, 0.717) is 24.4 Å². The number of aryl methyl sites for hydroxylation is 1. The van der Waals surface area contributed by atoms with Crippen molar-refractivity contribution in [3.63, 3.8) is 0 Å². The number of piperazine rings is 1. The third kappa shape index (κ3) is 3.89. The minimum absolute atomic E-state index is 0.00585. The number of carbonyl (C=O) groups is 1. The van der Waals surface area contributed by atoms with Crippen LogP contribution >= 0.6 is 11.6 Å². The molecule has 0 spiro atoms. The zero-order valence-corrected chi connectivity index (χ0v) is 13.7. The Kier molecular flexibility index (Phi) is 5.26. The Morgan fingerprint density at radius 3 is 2.87 bits per heavy atom. The number of hydrogen-bond donors (Lipinski definition) is 1. The lowest BCUT2D eigenvalue weighted by Gasteiger charge is -2.37. The first-order chi connectivity index (χ1) is 11.3. The highest BCUT2D eigenvalue weighted by Crippen LogP contribution is 2.29. The number of pyridine rings is 1. The highest BCUT2D eigenvalue weighted by Gasteiger charge is 2.28. The van der Waals surface area contributed by atoms with Crippen LogP contribution in [0.4, 0.5) is 0 Å². The van der Waals surface area contributed by atoms with Crippen molar-refractivity contribution in [2.24, 2.45) is 0 Å². The van der Waals surface area contributed by atoms with E-state index in [2.05, 4.69) is 10.3 Å². The second-order valence-electron chi connectivity index (χ2n) is 5.65. The fourth-order valence-corrected chi connectivity index (χ4v) is 3.21. The Bertz CT molecular complexity index is 662. The summed E-state index contributed by atoms with van der Waals surface area (Å²) in [5.41, 5.74) is 1.96. The third-order valence-corrected chi connectivity index (χ3v) is 4.49. The predicted octanol–water partition coefficient (Wildman–Crippen LogP) is 2.84. The fraction of sp³-hybridized carbons (Fsp3) is 0.333. The van der Waals surface area contributed by atoms with Crippen molar-refractivity contribution in [3.8, 4) is 0 Å². The summed E-state index contributed by atoms with van der Waals surface area (Å²) < 4.78 is 0. The van der Waals surface area contributed by atoms with Gasteiger partial charge in [-0.15, -0.1) is 0 Å². The molecule has 2 heterocycles. The van der Waals surface area contributed by atoms with Gasteiger partial charge in [-0.2, -0.15) is 0 Å². The van der Waals surface area contributed by atoms with E-state index >= 15 is 0 Å². The molecular formula is C18H20ClN3O. The van der Waals surface area contributed by atoms with Gasteiger partial charge in [0, 0.05) is 43.0 Å². The van der Waals surface area contributed by atoms with Crippen molar-refractivity contribution >= 4 is 17.5 Å². The van der Waals surface area contributed by atoms with Crippen LogP contribution < -0.4 is 5.32 Å². The van der Waals surface area contributed by atoms with Crippen molar-refractivity contribution in [2.45, 2.75) is 18.9 Å². The molecule has 1 atom stereocenters. The van der Waals surface area contributed by atoms with Crippen LogP contribution in [0.5, 0.6) is 0 Å². The van der Waals surface area contributed by atoms with Gasteiger partial charge in [0.05, 0.1) is 6.04 Å². The average Bonchev–Trinajstić information content (AvgIpc) is 2.61. The molecule has 0 aliphatic carbocycles. The minimum Gasteiger partial charge on any atom is -0.333 e. The smallest absolute Gasteiger partial charge is 0.223 e. The summed E-state index contributed by atoms with van der Waals surface area (Å²) >= 11 is 6.32. The van der Waals surface area contributed by atoms with Gasteiger partial charge < -0.3 is 10.2 Å². The van der Waals surface area contributed by atoms with Gasteiger partial charge in [0.1, 0.15) is 0 Å². The molecule has 4 nitrogen and oxygen atoms in total. The number of carbonyl (C=O) groups excluding carboxylic acids is 1. The van der Waals surface area contributed by atoms with Crippen molar-refractivity contribution < 1.29 is 4.79 Å². The van der Waals surface area contributed by atoms with Crippen LogP contribution in [-0.2, 0) is 11.2 Å². The SMILES string of the molecule is O=C(CCc1ccccn1)N1CCNCC1c1ccccc1Cl. The van der Waals surface area contributed by atoms with Crippen LogP contribution in [0.25, 0.3) is 0 Å². The normalized spacial score (nSPS) is 18.0. The molecule has 1 saturated heterocycles. The highest BCUT2D eigenvalue weighted by molar-refractivity contribution is 6.31. The molecule has 2 aromatic rings. The maximum atomic E-state index is 12.7. The molecule has 1 amide bonds. The summed E-state index contributed by atoms with van der Waals surface area (Å²) in [6, 6.07) is 13.5. The molecule has 0 bridgehead atoms. The summed E-state index contributed by atoms with van der Waals surface area (Å²) in [5.74, 6) is 0.155. The third-order valence-electron chi connectivity index (χ3n) is 4.15. The number of hydrogen-bond acceptors (Lipinski definition) is 3. The molecule has 1 aromatic carbocycles. The largest absolute Gasteiger partial charge is 0.333 e. The number of benzene rings is 1. The number of halogens is 1. The van der Waals surface area contributed by atoms with E-state index in [1.165, 1.54) is 0 Å². The standard InChI is InChI=1S/C18H20ClN3O/c19-16-7-2-1-6-15(16)17-13-20-11-12-22(17)18(23)9-8-14-5-3-4-10-21-14/h1-7,10,17,20H,8-9,11-13H2. The predicted molar refractivity (Wildman–Crippen MR) is 91.3 cm³/mol. The van der Waals surface area contributed by atoms with Crippen LogP contribution in [0.3, 0.4) is 0 Å². The molecule has 1 aliphatic rings. The van der Waals surface area contributed by atoms with Gasteiger partial charge in [-0.25, -0.2) is 0 Å². The van der Waals surface area contributed by atoms with Gasteiger partial charge in [0.25, 0.3) is 0 Å². The lowest BCUT2D eigenvalue weighted by molar-refractivity contribution is -0.134. The van der Waals surface area contributed by atoms with Gasteiger partial charge in [-0.05, 0) is 30.2 Å². The molecule has 5 heteroatoms. The quantitative estimate of drug-likeness (QED) is 0.938. The first kappa shape index (κ1) is 16.0. The van der Waals surface area contributed by atoms with Gasteiger partial charge in [0.15, 0.2) is 0 Å². The van der Waals surface area contributed by atoms with E-state index in [1.54, 1.807) is 6.20 Å². The number of nitrogens with one attached hydrogen (secondary N) is 1. The summed E-state index contributed by atoms with van der Waals surface area (Å²) in [6.45, 7) is 2.26. The van der Waals surface area contributed by atoms with Gasteiger partial charge in [-0.3, -0.25) is 9.78 Å². The molecule has 23 heavy (non-hydrogen) atoms. The number of rotatable bonds is 4. The first-order valence-electron chi connectivity index (χ1n) is 7.90. The fourth-order valence-electron chi connectivity index (χ4n) is 2.95. The number of nitrogens with zero attached hydrogens (tertiary/aromatic N) is 2. The second kappa shape index (κ2) is 7.57. The van der Waals surface area contributed by atoms with Crippen LogP contribution in [0, 0.1) is 0 Å². The highest BCUT2D eigenvalue weighted by atomic mass is 35.5. The van der Waals surface area contributed by atoms with Crippen LogP contribution in [0.2, 0.25) is 5.02 Å². The van der Waals surface area contributed by atoms with Crippen molar-refractivity contribution in [1.29, 1.82) is 0 Å². The average molecular weight is 330 g/mol. The van der Waals surface area contributed by atoms with E-state index in [4.69, 9.17) is 11.6 Å². The molecule has 1 fully saturated rings. The van der Waals surface area contributed by atoms with E-state index in [1.807, 2.05) is 47.4 Å². The van der Waals surface area contributed by atoms with Gasteiger partial charge in [-0.1, -0.05) is 35.9 Å². The lowest BCUT2D eigenvalue weighted by Crippen LogP contribution is -2.48. The van der Waals surface area contributed by atoms with E-state index < -0.39 is 0 Å². The molecular weight excluding hydrogens is 310 g/mol. The Balaban J connectivity index is 1.71. The zero-order valence-electron chi connectivity index (χ0n) is 12.9. The Morgan fingerprint density at radius 2 is 2.09 bits per heavy atom. The van der Waals surface area contributed by atoms with Crippen molar-refractivity contribution in [3.05, 3.63) is 64.9 Å². The van der Waals surface area contributed by atoms with Crippen molar-refractivity contribution in [1.82, 2.24) is 15.2 Å². The maximum absolute atomic E-state index is 12.7. The molecule has 1 N–H and O–H groups in total. The number of amides is 1. The Morgan fingerprint density at radius 1 is 1.26 bits per heavy atom. The molecule has 0 radical (unpaired) electrons. The van der Waals surface area contributed by atoms with Gasteiger partial charge in [0.2, 0.25) is 5.91 Å². The lowest BCUT2D eigenvalue weighted by atomic mass is 10.0. The van der Waals surface area contributed by atoms with Crippen molar-refractivity contribution in [2.75, 3.05) is 19.6 Å². The zero-order chi connectivity index (χ0) is 16.1. The molecule has 0 saturated carbocycles. The Hall–Kier alpha value is -1.91. The minimum atomic E-state index is -0.00585. The van der Waals surface area contributed by atoms with Gasteiger partial charge >= 0.3 is 0 Å². The molecule has 1 aliphatic heterocycles.